The highest BCUT2D eigenvalue weighted by molar-refractivity contribution is 7.07. The van der Waals surface area contributed by atoms with Gasteiger partial charge in [0.1, 0.15) is 11.5 Å². The van der Waals surface area contributed by atoms with Gasteiger partial charge in [-0.2, -0.15) is 0 Å². The normalized spacial score (nSPS) is 17.5. The summed E-state index contributed by atoms with van der Waals surface area (Å²) in [6.45, 7) is 8.11. The van der Waals surface area contributed by atoms with E-state index in [4.69, 9.17) is 18.9 Å². The molecule has 4 heterocycles. The van der Waals surface area contributed by atoms with Gasteiger partial charge in [-0.15, -0.1) is 0 Å². The SMILES string of the molecule is CCOC(=O)C1=C(c2ccccc2)N=c2s/c(=C\c3ccc(N4CCN(C)CC4)o3)c(=O)n2C1c1ccc(OCC)cc1. The van der Waals surface area contributed by atoms with Crippen LogP contribution in [0, 0.1) is 0 Å². The Morgan fingerprint density at radius 3 is 2.44 bits per heavy atom. The van der Waals surface area contributed by atoms with Crippen molar-refractivity contribution in [1.82, 2.24) is 9.47 Å². The molecule has 9 nitrogen and oxygen atoms in total. The standard InChI is InChI=1S/C33H34N4O5S/c1-4-40-24-13-11-23(12-14-24)30-28(32(39)41-5-2)29(22-9-7-6-8-10-22)34-33-37(30)31(38)26(43-33)21-25-15-16-27(42-25)36-19-17-35(3)18-20-36/h6-16,21,30H,4-5,17-20H2,1-3H3/b26-21-. The summed E-state index contributed by atoms with van der Waals surface area (Å²) in [7, 11) is 2.11. The fourth-order valence-electron chi connectivity index (χ4n) is 5.41. The Morgan fingerprint density at radius 1 is 1.00 bits per heavy atom. The van der Waals surface area contributed by atoms with Crippen molar-refractivity contribution < 1.29 is 18.7 Å². The highest BCUT2D eigenvalue weighted by Crippen LogP contribution is 2.35. The zero-order valence-corrected chi connectivity index (χ0v) is 25.3. The van der Waals surface area contributed by atoms with E-state index in [9.17, 15) is 9.59 Å². The Hall–Kier alpha value is -4.41. The van der Waals surface area contributed by atoms with Crippen LogP contribution in [0.15, 0.2) is 86.5 Å². The second-order valence-electron chi connectivity index (χ2n) is 10.4. The highest BCUT2D eigenvalue weighted by atomic mass is 32.1. The van der Waals surface area contributed by atoms with E-state index in [2.05, 4.69) is 16.8 Å². The summed E-state index contributed by atoms with van der Waals surface area (Å²) in [5, 5.41) is 0. The molecule has 2 aliphatic rings. The molecule has 43 heavy (non-hydrogen) atoms. The Bertz CT molecular complexity index is 1810. The number of aromatic nitrogens is 1. The molecule has 2 aromatic heterocycles. The number of hydrogen-bond donors (Lipinski definition) is 0. The van der Waals surface area contributed by atoms with Gasteiger partial charge in [0.2, 0.25) is 0 Å². The number of likely N-dealkylation sites (N-methyl/N-ethyl adjacent to an activating group) is 1. The molecule has 0 radical (unpaired) electrons. The van der Waals surface area contributed by atoms with Crippen LogP contribution in [-0.4, -0.2) is 61.9 Å². The van der Waals surface area contributed by atoms with E-state index in [0.29, 0.717) is 38.7 Å². The van der Waals surface area contributed by atoms with Gasteiger partial charge in [-0.25, -0.2) is 9.79 Å². The largest absolute Gasteiger partial charge is 0.494 e. The Kier molecular flexibility index (Phi) is 8.31. The van der Waals surface area contributed by atoms with Crippen molar-refractivity contribution in [2.24, 2.45) is 4.99 Å². The van der Waals surface area contributed by atoms with E-state index in [0.717, 1.165) is 43.2 Å². The lowest BCUT2D eigenvalue weighted by atomic mass is 9.93. The summed E-state index contributed by atoms with van der Waals surface area (Å²) in [6, 6.07) is 20.1. The van der Waals surface area contributed by atoms with Crippen LogP contribution in [0.4, 0.5) is 5.88 Å². The molecular weight excluding hydrogens is 564 g/mol. The zero-order valence-electron chi connectivity index (χ0n) is 24.5. The van der Waals surface area contributed by atoms with Crippen LogP contribution in [-0.2, 0) is 9.53 Å². The molecule has 0 bridgehead atoms. The van der Waals surface area contributed by atoms with Crippen molar-refractivity contribution in [3.05, 3.63) is 109 Å². The summed E-state index contributed by atoms with van der Waals surface area (Å²) >= 11 is 1.27. The molecular formula is C33H34N4O5S. The van der Waals surface area contributed by atoms with Gasteiger partial charge in [-0.3, -0.25) is 9.36 Å². The predicted octanol–water partition coefficient (Wildman–Crippen LogP) is 3.68. The summed E-state index contributed by atoms with van der Waals surface area (Å²) in [5.41, 5.74) is 2.06. The first-order chi connectivity index (χ1) is 21.0. The molecule has 2 aromatic carbocycles. The number of nitrogens with zero attached hydrogens (tertiary/aromatic N) is 4. The van der Waals surface area contributed by atoms with E-state index in [1.807, 2.05) is 73.7 Å². The molecule has 2 aliphatic heterocycles. The van der Waals surface area contributed by atoms with Crippen molar-refractivity contribution in [3.8, 4) is 5.75 Å². The fourth-order valence-corrected chi connectivity index (χ4v) is 6.40. The molecule has 0 amide bonds. The van der Waals surface area contributed by atoms with Crippen molar-refractivity contribution in [2.45, 2.75) is 19.9 Å². The van der Waals surface area contributed by atoms with Crippen LogP contribution in [0.5, 0.6) is 5.75 Å². The Balaban J connectivity index is 1.50. The number of carbonyl (C=O) groups is 1. The lowest BCUT2D eigenvalue weighted by molar-refractivity contribution is -0.138. The van der Waals surface area contributed by atoms with Gasteiger partial charge in [0.15, 0.2) is 10.7 Å². The van der Waals surface area contributed by atoms with E-state index in [-0.39, 0.29) is 12.2 Å². The summed E-state index contributed by atoms with van der Waals surface area (Å²) in [5.74, 6) is 1.57. The van der Waals surface area contributed by atoms with Gasteiger partial charge in [0.25, 0.3) is 5.56 Å². The molecule has 0 spiro atoms. The lowest BCUT2D eigenvalue weighted by Gasteiger charge is -2.32. The fraction of sp³-hybridized carbons (Fsp3) is 0.303. The molecule has 1 atom stereocenters. The second kappa shape index (κ2) is 12.4. The molecule has 1 saturated heterocycles. The number of hydrogen-bond acceptors (Lipinski definition) is 9. The quantitative estimate of drug-likeness (QED) is 0.286. The molecule has 222 valence electrons. The number of fused-ring (bicyclic) bond motifs is 1. The molecule has 1 fully saturated rings. The first kappa shape index (κ1) is 28.7. The number of thiazole rings is 1. The van der Waals surface area contributed by atoms with Crippen LogP contribution in [0.25, 0.3) is 11.8 Å². The van der Waals surface area contributed by atoms with Crippen LogP contribution in [0.1, 0.15) is 36.8 Å². The smallest absolute Gasteiger partial charge is 0.338 e. The van der Waals surface area contributed by atoms with Gasteiger partial charge in [0.05, 0.1) is 35.1 Å². The second-order valence-corrected chi connectivity index (χ2v) is 11.4. The number of esters is 1. The van der Waals surface area contributed by atoms with Crippen molar-refractivity contribution in [3.63, 3.8) is 0 Å². The number of carbonyl (C=O) groups excluding carboxylic acids is 1. The maximum atomic E-state index is 14.1. The molecule has 0 aliphatic carbocycles. The Labute approximate surface area is 253 Å². The lowest BCUT2D eigenvalue weighted by Crippen LogP contribution is -2.44. The molecule has 10 heteroatoms. The predicted molar refractivity (Wildman–Crippen MR) is 167 cm³/mol. The summed E-state index contributed by atoms with van der Waals surface area (Å²) in [4.78, 5) is 37.6. The van der Waals surface area contributed by atoms with Gasteiger partial charge >= 0.3 is 5.97 Å². The summed E-state index contributed by atoms with van der Waals surface area (Å²) < 4.78 is 19.4. The van der Waals surface area contributed by atoms with Crippen LogP contribution >= 0.6 is 11.3 Å². The third-order valence-electron chi connectivity index (χ3n) is 7.58. The summed E-state index contributed by atoms with van der Waals surface area (Å²) in [6.07, 6.45) is 1.76. The van der Waals surface area contributed by atoms with Crippen molar-refractivity contribution >= 4 is 35.0 Å². The maximum absolute atomic E-state index is 14.1. The van der Waals surface area contributed by atoms with Crippen LogP contribution in [0.3, 0.4) is 0 Å². The number of anilines is 1. The first-order valence-corrected chi connectivity index (χ1v) is 15.3. The Morgan fingerprint density at radius 2 is 1.74 bits per heavy atom. The van der Waals surface area contributed by atoms with Gasteiger partial charge < -0.3 is 23.7 Å². The van der Waals surface area contributed by atoms with Crippen LogP contribution in [0.2, 0.25) is 0 Å². The zero-order chi connectivity index (χ0) is 29.9. The number of furan rings is 1. The van der Waals surface area contributed by atoms with Gasteiger partial charge in [-0.05, 0) is 44.7 Å². The van der Waals surface area contributed by atoms with E-state index in [1.54, 1.807) is 17.6 Å². The van der Waals surface area contributed by atoms with Gasteiger partial charge in [0, 0.05) is 43.9 Å². The number of benzene rings is 2. The maximum Gasteiger partial charge on any atom is 0.338 e. The van der Waals surface area contributed by atoms with Crippen LogP contribution < -0.4 is 24.5 Å². The minimum absolute atomic E-state index is 0.193. The molecule has 1 unspecified atom stereocenters. The average molecular weight is 599 g/mol. The van der Waals surface area contributed by atoms with Crippen molar-refractivity contribution in [1.29, 1.82) is 0 Å². The number of piperazine rings is 1. The van der Waals surface area contributed by atoms with E-state index < -0.39 is 12.0 Å². The van der Waals surface area contributed by atoms with Crippen molar-refractivity contribution in [2.75, 3.05) is 51.3 Å². The molecule has 0 N–H and O–H groups in total. The number of ether oxygens (including phenoxy) is 2. The number of rotatable bonds is 8. The van der Waals surface area contributed by atoms with E-state index >= 15 is 0 Å². The third-order valence-corrected chi connectivity index (χ3v) is 8.56. The monoisotopic (exact) mass is 598 g/mol. The first-order valence-electron chi connectivity index (χ1n) is 14.5. The minimum Gasteiger partial charge on any atom is -0.494 e. The average Bonchev–Trinajstić information content (AvgIpc) is 3.62. The molecule has 6 rings (SSSR count). The van der Waals surface area contributed by atoms with Gasteiger partial charge in [-0.1, -0.05) is 53.8 Å². The highest BCUT2D eigenvalue weighted by Gasteiger charge is 2.35. The molecule has 0 saturated carbocycles. The minimum atomic E-state index is -0.749. The molecule has 4 aromatic rings. The topological polar surface area (TPSA) is 89.5 Å². The third kappa shape index (κ3) is 5.80. The van der Waals surface area contributed by atoms with E-state index in [1.165, 1.54) is 11.3 Å².